The maximum Gasteiger partial charge on any atom is 0.191 e. The van der Waals surface area contributed by atoms with Gasteiger partial charge in [0.25, 0.3) is 0 Å². The number of piperidine rings is 1. The third kappa shape index (κ3) is 4.01. The Hall–Kier alpha value is -1.48. The highest BCUT2D eigenvalue weighted by atomic mass is 32.2. The van der Waals surface area contributed by atoms with E-state index in [9.17, 15) is 0 Å². The van der Waals surface area contributed by atoms with E-state index in [2.05, 4.69) is 27.9 Å². The molecule has 1 saturated heterocycles. The molecule has 1 atom stereocenters. The first kappa shape index (κ1) is 14.9. The van der Waals surface area contributed by atoms with Crippen LogP contribution in [0.5, 0.6) is 0 Å². The molecule has 0 radical (unpaired) electrons. The van der Waals surface area contributed by atoms with E-state index in [1.54, 1.807) is 11.8 Å². The molecule has 2 rings (SSSR count). The molecule has 1 aliphatic rings. The zero-order valence-electron chi connectivity index (χ0n) is 11.9. The van der Waals surface area contributed by atoms with E-state index >= 15 is 0 Å². The number of nitrogens with two attached hydrogens (primary N) is 1. The molecule has 1 aromatic heterocycles. The van der Waals surface area contributed by atoms with Crippen molar-refractivity contribution >= 4 is 23.4 Å². The fourth-order valence-electron chi connectivity index (χ4n) is 2.26. The Morgan fingerprint density at radius 1 is 1.55 bits per heavy atom. The highest BCUT2D eigenvalue weighted by Gasteiger charge is 2.21. The van der Waals surface area contributed by atoms with Crippen LogP contribution in [-0.4, -0.2) is 28.8 Å². The van der Waals surface area contributed by atoms with E-state index in [0.717, 1.165) is 55.5 Å². The fourth-order valence-corrected chi connectivity index (χ4v) is 3.20. The zero-order valence-corrected chi connectivity index (χ0v) is 12.7. The van der Waals surface area contributed by atoms with Crippen molar-refractivity contribution in [3.63, 3.8) is 0 Å². The van der Waals surface area contributed by atoms with Crippen LogP contribution in [-0.2, 0) is 0 Å². The number of nitriles is 1. The van der Waals surface area contributed by atoms with Gasteiger partial charge in [-0.3, -0.25) is 0 Å². The predicted octanol–water partition coefficient (Wildman–Crippen LogP) is 2.69. The van der Waals surface area contributed by atoms with Gasteiger partial charge in [-0.1, -0.05) is 25.1 Å². The van der Waals surface area contributed by atoms with Crippen LogP contribution in [0.3, 0.4) is 0 Å². The SMILES string of the molecule is CCCCSc1nc(N)cc(N2CCC[C@H](C#N)C2)n1. The summed E-state index contributed by atoms with van der Waals surface area (Å²) >= 11 is 1.65. The molecule has 0 saturated carbocycles. The Labute approximate surface area is 124 Å². The Morgan fingerprint density at radius 2 is 2.40 bits per heavy atom. The number of nitrogens with zero attached hydrogens (tertiary/aromatic N) is 4. The van der Waals surface area contributed by atoms with E-state index in [1.807, 2.05) is 6.07 Å². The Kier molecular flexibility index (Phi) is 5.48. The first-order valence-electron chi connectivity index (χ1n) is 7.15. The summed E-state index contributed by atoms with van der Waals surface area (Å²) in [7, 11) is 0. The van der Waals surface area contributed by atoms with Crippen molar-refractivity contribution in [1.29, 1.82) is 5.26 Å². The minimum absolute atomic E-state index is 0.0936. The van der Waals surface area contributed by atoms with Crippen LogP contribution in [0.1, 0.15) is 32.6 Å². The van der Waals surface area contributed by atoms with Gasteiger partial charge < -0.3 is 10.6 Å². The number of hydrogen-bond donors (Lipinski definition) is 1. The van der Waals surface area contributed by atoms with Crippen molar-refractivity contribution in [2.24, 2.45) is 5.92 Å². The summed E-state index contributed by atoms with van der Waals surface area (Å²) in [6.45, 7) is 3.85. The second-order valence-corrected chi connectivity index (χ2v) is 6.11. The molecule has 1 fully saturated rings. The fraction of sp³-hybridized carbons (Fsp3) is 0.643. The second-order valence-electron chi connectivity index (χ2n) is 5.05. The van der Waals surface area contributed by atoms with Gasteiger partial charge in [0.15, 0.2) is 5.16 Å². The molecule has 5 nitrogen and oxygen atoms in total. The van der Waals surface area contributed by atoms with Crippen molar-refractivity contribution in [1.82, 2.24) is 9.97 Å². The molecule has 108 valence electrons. The quantitative estimate of drug-likeness (QED) is 0.510. The summed E-state index contributed by atoms with van der Waals surface area (Å²) < 4.78 is 0. The largest absolute Gasteiger partial charge is 0.383 e. The summed E-state index contributed by atoms with van der Waals surface area (Å²) in [6, 6.07) is 4.16. The standard InChI is InChI=1S/C14H21N5S/c1-2-3-7-20-14-17-12(16)8-13(18-14)19-6-4-5-11(9-15)10-19/h8,11H,2-7,10H2,1H3,(H2,16,17,18)/t11-/m1/s1. The van der Waals surface area contributed by atoms with Gasteiger partial charge in [0.2, 0.25) is 0 Å². The number of hydrogen-bond acceptors (Lipinski definition) is 6. The number of thioether (sulfide) groups is 1. The van der Waals surface area contributed by atoms with Crippen molar-refractivity contribution in [2.75, 3.05) is 29.5 Å². The van der Waals surface area contributed by atoms with Crippen molar-refractivity contribution in [2.45, 2.75) is 37.8 Å². The number of nitrogen functional groups attached to an aromatic ring is 1. The number of unbranched alkanes of at least 4 members (excludes halogenated alkanes) is 1. The number of anilines is 2. The summed E-state index contributed by atoms with van der Waals surface area (Å²) in [5.41, 5.74) is 5.88. The summed E-state index contributed by atoms with van der Waals surface area (Å²) in [6.07, 6.45) is 4.32. The van der Waals surface area contributed by atoms with Crippen molar-refractivity contribution in [3.8, 4) is 6.07 Å². The lowest BCUT2D eigenvalue weighted by atomic mass is 10.00. The first-order valence-corrected chi connectivity index (χ1v) is 8.13. The van der Waals surface area contributed by atoms with Gasteiger partial charge in [-0.2, -0.15) is 5.26 Å². The molecular weight excluding hydrogens is 270 g/mol. The lowest BCUT2D eigenvalue weighted by Crippen LogP contribution is -2.35. The van der Waals surface area contributed by atoms with E-state index in [1.165, 1.54) is 0 Å². The Morgan fingerprint density at radius 3 is 3.15 bits per heavy atom. The van der Waals surface area contributed by atoms with E-state index in [4.69, 9.17) is 11.0 Å². The molecule has 20 heavy (non-hydrogen) atoms. The number of rotatable bonds is 5. The van der Waals surface area contributed by atoms with Crippen LogP contribution >= 0.6 is 11.8 Å². The number of aromatic nitrogens is 2. The van der Waals surface area contributed by atoms with Crippen LogP contribution in [0, 0.1) is 17.2 Å². The van der Waals surface area contributed by atoms with Gasteiger partial charge >= 0.3 is 0 Å². The second kappa shape index (κ2) is 7.34. The average molecular weight is 291 g/mol. The summed E-state index contributed by atoms with van der Waals surface area (Å²) in [5.74, 6) is 2.47. The zero-order chi connectivity index (χ0) is 14.4. The van der Waals surface area contributed by atoms with Gasteiger partial charge in [-0.15, -0.1) is 0 Å². The van der Waals surface area contributed by atoms with Crippen LogP contribution < -0.4 is 10.6 Å². The molecule has 0 bridgehead atoms. The Balaban J connectivity index is 2.08. The molecule has 0 aromatic carbocycles. The maximum atomic E-state index is 9.07. The molecule has 1 aliphatic heterocycles. The molecule has 6 heteroatoms. The molecule has 2 N–H and O–H groups in total. The van der Waals surface area contributed by atoms with Crippen molar-refractivity contribution < 1.29 is 0 Å². The maximum absolute atomic E-state index is 9.07. The topological polar surface area (TPSA) is 78.8 Å². The van der Waals surface area contributed by atoms with Crippen LogP contribution in [0.25, 0.3) is 0 Å². The minimum atomic E-state index is 0.0936. The minimum Gasteiger partial charge on any atom is -0.383 e. The van der Waals surface area contributed by atoms with Gasteiger partial charge in [0.1, 0.15) is 11.6 Å². The molecule has 0 aliphatic carbocycles. The third-order valence-electron chi connectivity index (χ3n) is 3.37. The van der Waals surface area contributed by atoms with Gasteiger partial charge in [0.05, 0.1) is 12.0 Å². The van der Waals surface area contributed by atoms with E-state index in [0.29, 0.717) is 5.82 Å². The highest BCUT2D eigenvalue weighted by Crippen LogP contribution is 2.25. The highest BCUT2D eigenvalue weighted by molar-refractivity contribution is 7.99. The summed E-state index contributed by atoms with van der Waals surface area (Å²) in [5, 5.41) is 9.81. The van der Waals surface area contributed by atoms with Gasteiger partial charge in [0, 0.05) is 24.9 Å². The third-order valence-corrected chi connectivity index (χ3v) is 4.30. The van der Waals surface area contributed by atoms with E-state index in [-0.39, 0.29) is 5.92 Å². The average Bonchev–Trinajstić information content (AvgIpc) is 2.47. The molecule has 1 aromatic rings. The normalized spacial score (nSPS) is 18.8. The lowest BCUT2D eigenvalue weighted by Gasteiger charge is -2.30. The smallest absolute Gasteiger partial charge is 0.191 e. The Bertz CT molecular complexity index is 485. The molecule has 2 heterocycles. The van der Waals surface area contributed by atoms with Gasteiger partial charge in [-0.25, -0.2) is 9.97 Å². The first-order chi connectivity index (χ1) is 9.72. The van der Waals surface area contributed by atoms with Crippen LogP contribution in [0.15, 0.2) is 11.2 Å². The summed E-state index contributed by atoms with van der Waals surface area (Å²) in [4.78, 5) is 11.0. The molecular formula is C14H21N5S. The lowest BCUT2D eigenvalue weighted by molar-refractivity contribution is 0.489. The molecule has 0 spiro atoms. The van der Waals surface area contributed by atoms with Crippen LogP contribution in [0.2, 0.25) is 0 Å². The van der Waals surface area contributed by atoms with Crippen LogP contribution in [0.4, 0.5) is 11.6 Å². The molecule has 0 unspecified atom stereocenters. The predicted molar refractivity (Wildman–Crippen MR) is 82.6 cm³/mol. The van der Waals surface area contributed by atoms with Crippen molar-refractivity contribution in [3.05, 3.63) is 6.07 Å². The van der Waals surface area contributed by atoms with E-state index < -0.39 is 0 Å². The monoisotopic (exact) mass is 291 g/mol. The van der Waals surface area contributed by atoms with Gasteiger partial charge in [-0.05, 0) is 19.3 Å². The molecule has 0 amide bonds.